The van der Waals surface area contributed by atoms with E-state index in [0.717, 1.165) is 40.0 Å². The van der Waals surface area contributed by atoms with Crippen LogP contribution in [0.15, 0.2) is 57.9 Å². The number of allylic oxidation sites excluding steroid dienone is 1. The Morgan fingerprint density at radius 3 is 2.80 bits per heavy atom. The zero-order chi connectivity index (χ0) is 24.4. The van der Waals surface area contributed by atoms with Gasteiger partial charge in [0.1, 0.15) is 17.3 Å². The lowest BCUT2D eigenvalue weighted by Crippen LogP contribution is -2.10. The Kier molecular flexibility index (Phi) is 6.34. The molecule has 0 amide bonds. The van der Waals surface area contributed by atoms with Gasteiger partial charge in [-0.3, -0.25) is 9.79 Å². The van der Waals surface area contributed by atoms with Crippen molar-refractivity contribution in [3.8, 4) is 16.8 Å². The standard InChI is InChI=1S/C24H20N6O3S2/c1-14-27-20(11-15-12-26-19-6-4-3-5-18(15)19)22(32)30(14)23-28-29-24(35-23)34-21(31)13-25-16-7-9-17(33-2)10-8-16/h3-12,25,32H,13H2,1-2H3. The fraction of sp³-hybridized carbons (Fsp3) is 0.125. The van der Waals surface area contributed by atoms with Crippen molar-refractivity contribution in [2.24, 2.45) is 4.99 Å². The van der Waals surface area contributed by atoms with E-state index >= 15 is 0 Å². The summed E-state index contributed by atoms with van der Waals surface area (Å²) in [4.78, 5) is 21.3. The van der Waals surface area contributed by atoms with Gasteiger partial charge in [0.2, 0.25) is 16.1 Å². The highest BCUT2D eigenvalue weighted by Crippen LogP contribution is 2.35. The second-order valence-electron chi connectivity index (χ2n) is 7.48. The first-order chi connectivity index (χ1) is 17.0. The number of fused-ring (bicyclic) bond motifs is 1. The molecule has 1 aliphatic rings. The lowest BCUT2D eigenvalue weighted by Gasteiger charge is -2.05. The van der Waals surface area contributed by atoms with Crippen molar-refractivity contribution in [2.75, 3.05) is 19.0 Å². The molecule has 0 radical (unpaired) electrons. The molecular weight excluding hydrogens is 484 g/mol. The highest BCUT2D eigenvalue weighted by atomic mass is 32.2. The van der Waals surface area contributed by atoms with E-state index in [2.05, 4.69) is 25.5 Å². The fourth-order valence-electron chi connectivity index (χ4n) is 3.52. The van der Waals surface area contributed by atoms with Crippen molar-refractivity contribution in [3.63, 3.8) is 0 Å². The summed E-state index contributed by atoms with van der Waals surface area (Å²) < 4.78 is 7.13. The number of aromatic hydroxyl groups is 1. The molecule has 5 rings (SSSR count). The summed E-state index contributed by atoms with van der Waals surface area (Å²) in [6, 6.07) is 15.1. The number of anilines is 1. The van der Waals surface area contributed by atoms with Crippen LogP contribution in [0.5, 0.6) is 11.6 Å². The van der Waals surface area contributed by atoms with E-state index < -0.39 is 0 Å². The minimum Gasteiger partial charge on any atom is -0.497 e. The Morgan fingerprint density at radius 2 is 2.00 bits per heavy atom. The summed E-state index contributed by atoms with van der Waals surface area (Å²) in [5.74, 6) is 1.25. The minimum absolute atomic E-state index is 0.0482. The third-order valence-electron chi connectivity index (χ3n) is 5.21. The number of carbonyl (C=O) groups is 1. The molecule has 9 nitrogen and oxygen atoms in total. The molecule has 0 spiro atoms. The van der Waals surface area contributed by atoms with Crippen LogP contribution in [-0.4, -0.2) is 49.8 Å². The van der Waals surface area contributed by atoms with E-state index in [-0.39, 0.29) is 17.5 Å². The van der Waals surface area contributed by atoms with Crippen LogP contribution in [-0.2, 0) is 4.79 Å². The molecule has 2 aromatic carbocycles. The highest BCUT2D eigenvalue weighted by Gasteiger charge is 2.20. The number of ether oxygens (including phenoxy) is 1. The second kappa shape index (κ2) is 9.72. The Morgan fingerprint density at radius 1 is 1.20 bits per heavy atom. The summed E-state index contributed by atoms with van der Waals surface area (Å²) in [6.45, 7) is 1.90. The number of imidazole rings is 1. The zero-order valence-electron chi connectivity index (χ0n) is 18.8. The first-order valence-electron chi connectivity index (χ1n) is 10.6. The van der Waals surface area contributed by atoms with Gasteiger partial charge in [-0.05, 0) is 55.1 Å². The molecule has 0 unspecified atom stereocenters. The molecule has 0 saturated carbocycles. The summed E-state index contributed by atoms with van der Waals surface area (Å²) >= 11 is 2.20. The normalized spacial score (nSPS) is 13.3. The molecule has 0 atom stereocenters. The number of benzene rings is 2. The number of nitrogens with zero attached hydrogens (tertiary/aromatic N) is 5. The molecule has 3 heterocycles. The molecule has 2 N–H and O–H groups in total. The van der Waals surface area contributed by atoms with Gasteiger partial charge in [0.15, 0.2) is 4.34 Å². The summed E-state index contributed by atoms with van der Waals surface area (Å²) in [5.41, 5.74) is 3.95. The first-order valence-corrected chi connectivity index (χ1v) is 12.2. The van der Waals surface area contributed by atoms with Crippen LogP contribution in [0.25, 0.3) is 16.8 Å². The van der Waals surface area contributed by atoms with Crippen LogP contribution < -0.4 is 10.1 Å². The van der Waals surface area contributed by atoms with Gasteiger partial charge in [-0.25, -0.2) is 9.55 Å². The van der Waals surface area contributed by atoms with Crippen LogP contribution in [0.2, 0.25) is 0 Å². The van der Waals surface area contributed by atoms with Gasteiger partial charge in [-0.2, -0.15) is 0 Å². The molecule has 2 aromatic heterocycles. The predicted molar refractivity (Wildman–Crippen MR) is 138 cm³/mol. The molecule has 0 saturated heterocycles. The van der Waals surface area contributed by atoms with E-state index in [9.17, 15) is 9.90 Å². The number of para-hydroxylation sites is 1. The Hall–Kier alpha value is -3.96. The number of hydrogen-bond acceptors (Lipinski definition) is 10. The van der Waals surface area contributed by atoms with Gasteiger partial charge in [0.25, 0.3) is 0 Å². The van der Waals surface area contributed by atoms with Gasteiger partial charge < -0.3 is 15.2 Å². The van der Waals surface area contributed by atoms with Crippen molar-refractivity contribution in [2.45, 2.75) is 11.3 Å². The third kappa shape index (κ3) is 4.81. The summed E-state index contributed by atoms with van der Waals surface area (Å²) in [6.07, 6.45) is 3.54. The predicted octanol–water partition coefficient (Wildman–Crippen LogP) is 4.73. The number of hydrogen-bond donors (Lipinski definition) is 2. The first kappa shape index (κ1) is 22.8. The van der Waals surface area contributed by atoms with E-state index in [4.69, 9.17) is 4.74 Å². The number of aliphatic imine (C=N–C) groups is 1. The lowest BCUT2D eigenvalue weighted by atomic mass is 10.1. The fourth-order valence-corrected chi connectivity index (χ4v) is 5.24. The average molecular weight is 505 g/mol. The van der Waals surface area contributed by atoms with Crippen molar-refractivity contribution in [1.29, 1.82) is 0 Å². The maximum absolute atomic E-state index is 12.4. The number of aryl methyl sites for hydroxylation is 1. The molecule has 0 fully saturated rings. The van der Waals surface area contributed by atoms with Crippen molar-refractivity contribution >= 4 is 57.5 Å². The Balaban J connectivity index is 1.28. The monoisotopic (exact) mass is 504 g/mol. The van der Waals surface area contributed by atoms with E-state index in [0.29, 0.717) is 21.0 Å². The number of thioether (sulfide) groups is 1. The molecule has 0 aliphatic carbocycles. The topological polar surface area (TPSA) is 115 Å². The van der Waals surface area contributed by atoms with Crippen molar-refractivity contribution < 1.29 is 14.6 Å². The number of carbonyl (C=O) groups excluding carboxylic acids is 1. The SMILES string of the molecule is COc1ccc(NCC(=O)Sc2nnc(-n3c(C)nc(C=C4C=Nc5ccccc54)c3O)s2)cc1. The smallest absolute Gasteiger partial charge is 0.225 e. The number of nitrogens with one attached hydrogen (secondary N) is 1. The second-order valence-corrected chi connectivity index (χ2v) is 9.75. The van der Waals surface area contributed by atoms with E-state index in [1.165, 1.54) is 15.9 Å². The average Bonchev–Trinajstić information content (AvgIpc) is 3.56. The van der Waals surface area contributed by atoms with Gasteiger partial charge in [0, 0.05) is 23.0 Å². The number of rotatable bonds is 7. The highest BCUT2D eigenvalue weighted by molar-refractivity contribution is 8.15. The Labute approximate surface area is 209 Å². The van der Waals surface area contributed by atoms with E-state index in [1.807, 2.05) is 48.5 Å². The van der Waals surface area contributed by atoms with Crippen LogP contribution in [0, 0.1) is 6.92 Å². The zero-order valence-corrected chi connectivity index (χ0v) is 20.4. The van der Waals surface area contributed by atoms with E-state index in [1.54, 1.807) is 26.3 Å². The molecule has 11 heteroatoms. The molecule has 35 heavy (non-hydrogen) atoms. The molecular formula is C24H20N6O3S2. The number of aromatic nitrogens is 4. The van der Waals surface area contributed by atoms with Gasteiger partial charge >= 0.3 is 0 Å². The van der Waals surface area contributed by atoms with Gasteiger partial charge in [0.05, 0.1) is 19.3 Å². The lowest BCUT2D eigenvalue weighted by molar-refractivity contribution is -0.109. The Bertz CT molecular complexity index is 1460. The molecule has 176 valence electrons. The number of methoxy groups -OCH3 is 1. The molecule has 1 aliphatic heterocycles. The maximum atomic E-state index is 12.4. The van der Waals surface area contributed by atoms with Gasteiger partial charge in [-0.1, -0.05) is 29.5 Å². The molecule has 4 aromatic rings. The maximum Gasteiger partial charge on any atom is 0.225 e. The van der Waals surface area contributed by atoms with Crippen LogP contribution in [0.4, 0.5) is 11.4 Å². The van der Waals surface area contributed by atoms with Crippen LogP contribution >= 0.6 is 23.1 Å². The summed E-state index contributed by atoms with van der Waals surface area (Å²) in [5, 5.41) is 22.5. The summed E-state index contributed by atoms with van der Waals surface area (Å²) in [7, 11) is 1.60. The van der Waals surface area contributed by atoms with Crippen molar-refractivity contribution in [1.82, 2.24) is 19.7 Å². The van der Waals surface area contributed by atoms with Crippen LogP contribution in [0.1, 0.15) is 17.1 Å². The molecule has 0 bridgehead atoms. The quantitative estimate of drug-likeness (QED) is 0.347. The van der Waals surface area contributed by atoms with Crippen LogP contribution in [0.3, 0.4) is 0 Å². The van der Waals surface area contributed by atoms with Crippen molar-refractivity contribution in [3.05, 3.63) is 65.6 Å². The van der Waals surface area contributed by atoms with Gasteiger partial charge in [-0.15, -0.1) is 10.2 Å². The minimum atomic E-state index is -0.111. The largest absolute Gasteiger partial charge is 0.497 e. The third-order valence-corrected chi connectivity index (χ3v) is 7.04.